The number of aromatic amines is 1. The van der Waals surface area contributed by atoms with Gasteiger partial charge in [0.2, 0.25) is 0 Å². The third-order valence-electron chi connectivity index (χ3n) is 3.65. The first-order valence-corrected chi connectivity index (χ1v) is 8.12. The van der Waals surface area contributed by atoms with E-state index in [0.717, 1.165) is 12.3 Å². The number of rotatable bonds is 3. The average molecular weight is 319 g/mol. The quantitative estimate of drug-likeness (QED) is 0.851. The van der Waals surface area contributed by atoms with Crippen molar-refractivity contribution in [2.75, 3.05) is 26.0 Å². The van der Waals surface area contributed by atoms with Crippen LogP contribution in [0.1, 0.15) is 5.82 Å². The molecule has 6 nitrogen and oxygen atoms in total. The Morgan fingerprint density at radius 3 is 3.14 bits per heavy atom. The van der Waals surface area contributed by atoms with E-state index in [9.17, 15) is 9.59 Å². The summed E-state index contributed by atoms with van der Waals surface area (Å²) in [7, 11) is 1.41. The molecule has 2 aromatic rings. The number of thioether (sulfide) groups is 1. The number of ether oxygens (including phenoxy) is 1. The summed E-state index contributed by atoms with van der Waals surface area (Å²) < 4.78 is 4.81. The first kappa shape index (κ1) is 15.1. The second kappa shape index (κ2) is 6.50. The lowest BCUT2D eigenvalue weighted by Gasteiger charge is -2.30. The van der Waals surface area contributed by atoms with Crippen LogP contribution in [0.15, 0.2) is 29.1 Å². The van der Waals surface area contributed by atoms with Crippen LogP contribution in [0.5, 0.6) is 0 Å². The van der Waals surface area contributed by atoms with Gasteiger partial charge in [0.15, 0.2) is 0 Å². The fraction of sp³-hybridized carbons (Fsp3) is 0.400. The molecule has 7 heteroatoms. The first-order chi connectivity index (χ1) is 10.7. The lowest BCUT2D eigenvalue weighted by atomic mass is 10.2. The Morgan fingerprint density at radius 1 is 1.50 bits per heavy atom. The molecule has 1 saturated heterocycles. The Bertz CT molecular complexity index is 746. The van der Waals surface area contributed by atoms with Crippen LogP contribution >= 0.6 is 11.8 Å². The van der Waals surface area contributed by atoms with E-state index in [0.29, 0.717) is 29.8 Å². The highest BCUT2D eigenvalue weighted by Gasteiger charge is 2.27. The molecule has 1 aliphatic rings. The highest BCUT2D eigenvalue weighted by atomic mass is 32.2. The van der Waals surface area contributed by atoms with Crippen molar-refractivity contribution in [1.29, 1.82) is 0 Å². The first-order valence-electron chi connectivity index (χ1n) is 7.07. The topological polar surface area (TPSA) is 75.3 Å². The summed E-state index contributed by atoms with van der Waals surface area (Å²) in [6.07, 6.45) is 0. The molecule has 1 aromatic carbocycles. The van der Waals surface area contributed by atoms with Gasteiger partial charge < -0.3 is 9.72 Å². The summed E-state index contributed by atoms with van der Waals surface area (Å²) >= 11 is 1.61. The Hall–Kier alpha value is -1.86. The van der Waals surface area contributed by atoms with Crippen molar-refractivity contribution in [2.45, 2.75) is 11.8 Å². The molecule has 1 unspecified atom stereocenters. The molecule has 116 valence electrons. The number of esters is 1. The number of hydrogen-bond acceptors (Lipinski definition) is 6. The molecular weight excluding hydrogens is 302 g/mol. The zero-order valence-electron chi connectivity index (χ0n) is 12.2. The van der Waals surface area contributed by atoms with Crippen molar-refractivity contribution in [3.05, 3.63) is 40.4 Å². The molecule has 0 radical (unpaired) electrons. The van der Waals surface area contributed by atoms with E-state index in [2.05, 4.69) is 14.9 Å². The Labute approximate surface area is 131 Å². The summed E-state index contributed by atoms with van der Waals surface area (Å²) in [5, 5.41) is 0.416. The van der Waals surface area contributed by atoms with Crippen molar-refractivity contribution in [3.63, 3.8) is 0 Å². The van der Waals surface area contributed by atoms with Gasteiger partial charge in [0, 0.05) is 18.8 Å². The van der Waals surface area contributed by atoms with Gasteiger partial charge in [-0.3, -0.25) is 14.5 Å². The van der Waals surface area contributed by atoms with Crippen molar-refractivity contribution in [2.24, 2.45) is 0 Å². The number of nitrogens with one attached hydrogen (secondary N) is 1. The molecule has 2 heterocycles. The zero-order valence-corrected chi connectivity index (χ0v) is 13.1. The summed E-state index contributed by atoms with van der Waals surface area (Å²) in [5.74, 6) is 1.28. The van der Waals surface area contributed by atoms with E-state index in [4.69, 9.17) is 4.74 Å². The van der Waals surface area contributed by atoms with Gasteiger partial charge in [0.1, 0.15) is 11.1 Å². The fourth-order valence-electron chi connectivity index (χ4n) is 2.54. The standard InChI is InChI=1S/C15H17N3O3S/c1-21-15(20)12-8-18(6-7-22-12)9-13-16-11-5-3-2-4-10(11)14(19)17-13/h2-5,12H,6-9H2,1H3,(H,16,17,19). The van der Waals surface area contributed by atoms with Crippen LogP contribution in [0.25, 0.3) is 10.9 Å². The SMILES string of the molecule is COC(=O)C1CN(Cc2nc3ccccc3c(=O)[nH]2)CCS1. The fourth-order valence-corrected chi connectivity index (χ4v) is 3.74. The number of hydrogen-bond donors (Lipinski definition) is 1. The molecule has 22 heavy (non-hydrogen) atoms. The van der Waals surface area contributed by atoms with Gasteiger partial charge in [-0.15, -0.1) is 11.8 Å². The maximum atomic E-state index is 12.1. The van der Waals surface area contributed by atoms with E-state index in [1.165, 1.54) is 7.11 Å². The molecule has 1 N–H and O–H groups in total. The molecule has 1 aliphatic heterocycles. The van der Waals surface area contributed by atoms with Crippen LogP contribution in [0.4, 0.5) is 0 Å². The number of carbonyl (C=O) groups is 1. The zero-order chi connectivity index (χ0) is 15.5. The number of benzene rings is 1. The minimum absolute atomic E-state index is 0.128. The highest BCUT2D eigenvalue weighted by Crippen LogP contribution is 2.20. The smallest absolute Gasteiger partial charge is 0.320 e. The highest BCUT2D eigenvalue weighted by molar-refractivity contribution is 8.00. The summed E-state index contributed by atoms with van der Waals surface area (Å²) in [6.45, 7) is 1.98. The number of H-pyrrole nitrogens is 1. The molecule has 1 atom stereocenters. The van der Waals surface area contributed by atoms with E-state index in [1.807, 2.05) is 18.2 Å². The van der Waals surface area contributed by atoms with Crippen LogP contribution in [0, 0.1) is 0 Å². The predicted molar refractivity (Wildman–Crippen MR) is 85.9 cm³/mol. The van der Waals surface area contributed by atoms with Gasteiger partial charge in [0.05, 0.1) is 24.6 Å². The molecule has 0 aliphatic carbocycles. The molecule has 1 aromatic heterocycles. The normalized spacial score (nSPS) is 19.2. The van der Waals surface area contributed by atoms with Gasteiger partial charge in [-0.2, -0.15) is 0 Å². The third kappa shape index (κ3) is 3.15. The van der Waals surface area contributed by atoms with Crippen molar-refractivity contribution in [3.8, 4) is 0 Å². The Kier molecular flexibility index (Phi) is 4.44. The van der Waals surface area contributed by atoms with Gasteiger partial charge in [-0.05, 0) is 12.1 Å². The predicted octanol–water partition coefficient (Wildman–Crippen LogP) is 1.01. The third-order valence-corrected chi connectivity index (χ3v) is 4.81. The molecular formula is C15H17N3O3S. The number of methoxy groups -OCH3 is 1. The number of nitrogens with zero attached hydrogens (tertiary/aromatic N) is 2. The monoisotopic (exact) mass is 319 g/mol. The second-order valence-corrected chi connectivity index (χ2v) is 6.46. The van der Waals surface area contributed by atoms with E-state index >= 15 is 0 Å². The average Bonchev–Trinajstić information content (AvgIpc) is 2.54. The number of aromatic nitrogens is 2. The van der Waals surface area contributed by atoms with E-state index in [-0.39, 0.29) is 16.8 Å². The molecule has 3 rings (SSSR count). The van der Waals surface area contributed by atoms with Crippen LogP contribution in [0.3, 0.4) is 0 Å². The van der Waals surface area contributed by atoms with Crippen molar-refractivity contribution < 1.29 is 9.53 Å². The van der Waals surface area contributed by atoms with Gasteiger partial charge in [-0.1, -0.05) is 12.1 Å². The summed E-state index contributed by atoms with van der Waals surface area (Å²) in [4.78, 5) is 33.2. The molecule has 0 amide bonds. The van der Waals surface area contributed by atoms with Crippen LogP contribution < -0.4 is 5.56 Å². The van der Waals surface area contributed by atoms with E-state index < -0.39 is 0 Å². The van der Waals surface area contributed by atoms with Gasteiger partial charge in [0.25, 0.3) is 5.56 Å². The minimum Gasteiger partial charge on any atom is -0.468 e. The number of fused-ring (bicyclic) bond motifs is 1. The van der Waals surface area contributed by atoms with E-state index in [1.54, 1.807) is 17.8 Å². The summed E-state index contributed by atoms with van der Waals surface area (Å²) in [5.41, 5.74) is 0.564. The molecule has 1 fully saturated rings. The number of carbonyl (C=O) groups excluding carboxylic acids is 1. The minimum atomic E-state index is -0.199. The lowest BCUT2D eigenvalue weighted by molar-refractivity contribution is -0.140. The van der Waals surface area contributed by atoms with Gasteiger partial charge in [-0.25, -0.2) is 4.98 Å². The molecule has 0 bridgehead atoms. The maximum Gasteiger partial charge on any atom is 0.320 e. The maximum absolute atomic E-state index is 12.1. The van der Waals surface area contributed by atoms with Crippen molar-refractivity contribution in [1.82, 2.24) is 14.9 Å². The van der Waals surface area contributed by atoms with Crippen molar-refractivity contribution >= 4 is 28.6 Å². The Morgan fingerprint density at radius 2 is 2.32 bits per heavy atom. The molecule has 0 saturated carbocycles. The second-order valence-electron chi connectivity index (χ2n) is 5.15. The number of para-hydroxylation sites is 1. The lowest BCUT2D eigenvalue weighted by Crippen LogP contribution is -2.41. The van der Waals surface area contributed by atoms with Crippen LogP contribution in [-0.4, -0.2) is 52.0 Å². The molecule has 0 spiro atoms. The largest absolute Gasteiger partial charge is 0.468 e. The van der Waals surface area contributed by atoms with Crippen LogP contribution in [-0.2, 0) is 16.1 Å². The Balaban J connectivity index is 1.78. The summed E-state index contributed by atoms with van der Waals surface area (Å²) in [6, 6.07) is 7.28. The van der Waals surface area contributed by atoms with Crippen LogP contribution in [0.2, 0.25) is 0 Å². The van der Waals surface area contributed by atoms with Gasteiger partial charge >= 0.3 is 5.97 Å².